The molecule has 0 spiro atoms. The molecule has 0 amide bonds. The molecule has 0 bridgehead atoms. The van der Waals surface area contributed by atoms with Gasteiger partial charge in [0.05, 0.1) is 22.9 Å². The van der Waals surface area contributed by atoms with E-state index in [-0.39, 0.29) is 0 Å². The van der Waals surface area contributed by atoms with Gasteiger partial charge in [0, 0.05) is 17.9 Å². The molecule has 2 aromatic heterocycles. The van der Waals surface area contributed by atoms with Crippen LogP contribution < -0.4 is 0 Å². The van der Waals surface area contributed by atoms with Gasteiger partial charge in [-0.3, -0.25) is 0 Å². The van der Waals surface area contributed by atoms with Crippen LogP contribution in [-0.4, -0.2) is 19.9 Å². The van der Waals surface area contributed by atoms with Gasteiger partial charge in [0.25, 0.3) is 0 Å². The van der Waals surface area contributed by atoms with E-state index in [2.05, 4.69) is 102 Å². The normalized spacial score (nSPS) is 12.8. The molecule has 156 valence electrons. The van der Waals surface area contributed by atoms with Crippen molar-refractivity contribution in [3.8, 4) is 22.4 Å². The van der Waals surface area contributed by atoms with Crippen molar-refractivity contribution < 1.29 is 0 Å². The molecule has 1 atom stereocenters. The van der Waals surface area contributed by atoms with E-state index in [1.54, 1.807) is 0 Å². The summed E-state index contributed by atoms with van der Waals surface area (Å²) in [4.78, 5) is 16.2. The number of aryl methyl sites for hydroxylation is 1. The molecule has 0 aliphatic rings. The second-order valence-electron chi connectivity index (χ2n) is 8.73. The molecule has 5 rings (SSSR count). The Kier molecular flexibility index (Phi) is 4.85. The summed E-state index contributed by atoms with van der Waals surface area (Å²) in [5.74, 6) is 3.05. The molecular weight excluding hydrogens is 380 g/mol. The molecule has 0 aliphatic carbocycles. The van der Waals surface area contributed by atoms with E-state index in [9.17, 15) is 0 Å². The molecule has 5 aromatic rings. The van der Waals surface area contributed by atoms with Crippen molar-refractivity contribution >= 4 is 21.8 Å². The van der Waals surface area contributed by atoms with Gasteiger partial charge >= 0.3 is 0 Å². The summed E-state index contributed by atoms with van der Waals surface area (Å²) in [6, 6.07) is 19.6. The van der Waals surface area contributed by atoms with Crippen LogP contribution in [0.3, 0.4) is 0 Å². The van der Waals surface area contributed by atoms with Gasteiger partial charge in [-0.1, -0.05) is 64.1 Å². The third kappa shape index (κ3) is 3.52. The Morgan fingerprint density at radius 1 is 0.903 bits per heavy atom. The number of aromatic nitrogens is 4. The number of fused-ring (bicyclic) bond motifs is 2. The van der Waals surface area contributed by atoms with E-state index in [1.165, 1.54) is 21.9 Å². The van der Waals surface area contributed by atoms with Gasteiger partial charge in [-0.2, -0.15) is 0 Å². The summed E-state index contributed by atoms with van der Waals surface area (Å²) in [5.41, 5.74) is 6.78. The third-order valence-electron chi connectivity index (χ3n) is 6.40. The van der Waals surface area contributed by atoms with Crippen molar-refractivity contribution in [2.45, 2.75) is 40.0 Å². The second kappa shape index (κ2) is 7.69. The van der Waals surface area contributed by atoms with Crippen molar-refractivity contribution in [2.24, 2.45) is 5.92 Å². The SMILES string of the molecule is CCc1nc2ccc(-c3cccc4cc(-c5cnc(C(C)C(C)C)[nH]5)ccc34)cc2[nH]1. The maximum atomic E-state index is 4.63. The summed E-state index contributed by atoms with van der Waals surface area (Å²) in [7, 11) is 0. The largest absolute Gasteiger partial charge is 0.342 e. The van der Waals surface area contributed by atoms with E-state index in [4.69, 9.17) is 0 Å². The van der Waals surface area contributed by atoms with Crippen molar-refractivity contribution in [2.75, 3.05) is 0 Å². The molecule has 0 radical (unpaired) electrons. The fraction of sp³-hybridized carbons (Fsp3) is 0.259. The van der Waals surface area contributed by atoms with Crippen molar-refractivity contribution in [3.63, 3.8) is 0 Å². The van der Waals surface area contributed by atoms with E-state index in [1.807, 2.05) is 6.20 Å². The van der Waals surface area contributed by atoms with Gasteiger partial charge in [0.2, 0.25) is 0 Å². The van der Waals surface area contributed by atoms with E-state index in [0.717, 1.165) is 40.4 Å². The summed E-state index contributed by atoms with van der Waals surface area (Å²) in [6.07, 6.45) is 2.86. The molecule has 0 saturated heterocycles. The zero-order valence-electron chi connectivity index (χ0n) is 18.5. The number of rotatable bonds is 5. The number of aromatic amines is 2. The minimum absolute atomic E-state index is 0.409. The Labute approximate surface area is 182 Å². The quantitative estimate of drug-likeness (QED) is 0.326. The number of benzene rings is 3. The monoisotopic (exact) mass is 408 g/mol. The van der Waals surface area contributed by atoms with Crippen LogP contribution in [0.2, 0.25) is 0 Å². The fourth-order valence-corrected chi connectivity index (χ4v) is 4.13. The van der Waals surface area contributed by atoms with Crippen LogP contribution in [-0.2, 0) is 6.42 Å². The molecule has 1 unspecified atom stereocenters. The minimum Gasteiger partial charge on any atom is -0.342 e. The molecule has 0 aliphatic heterocycles. The van der Waals surface area contributed by atoms with Crippen LogP contribution in [0.1, 0.15) is 45.3 Å². The smallest absolute Gasteiger partial charge is 0.109 e. The molecule has 31 heavy (non-hydrogen) atoms. The molecule has 0 saturated carbocycles. The van der Waals surface area contributed by atoms with Crippen molar-refractivity contribution in [1.82, 2.24) is 19.9 Å². The van der Waals surface area contributed by atoms with Crippen LogP contribution in [0.5, 0.6) is 0 Å². The first-order valence-corrected chi connectivity index (χ1v) is 11.1. The average molecular weight is 409 g/mol. The lowest BCUT2D eigenvalue weighted by Gasteiger charge is -2.12. The predicted octanol–water partition coefficient (Wildman–Crippen LogP) is 7.10. The molecule has 2 N–H and O–H groups in total. The fourth-order valence-electron chi connectivity index (χ4n) is 4.13. The number of nitrogens with zero attached hydrogens (tertiary/aromatic N) is 2. The highest BCUT2D eigenvalue weighted by molar-refractivity contribution is 5.99. The molecular formula is C27H28N4. The number of imidazole rings is 2. The Hall–Kier alpha value is -3.40. The first kappa shape index (κ1) is 19.6. The van der Waals surface area contributed by atoms with Gasteiger partial charge in [-0.15, -0.1) is 0 Å². The van der Waals surface area contributed by atoms with Crippen LogP contribution in [0.25, 0.3) is 44.2 Å². The third-order valence-corrected chi connectivity index (χ3v) is 6.40. The number of hydrogen-bond donors (Lipinski definition) is 2. The molecule has 3 aromatic carbocycles. The highest BCUT2D eigenvalue weighted by Gasteiger charge is 2.14. The van der Waals surface area contributed by atoms with Crippen molar-refractivity contribution in [1.29, 1.82) is 0 Å². The first-order chi connectivity index (χ1) is 15.0. The first-order valence-electron chi connectivity index (χ1n) is 11.1. The summed E-state index contributed by atoms with van der Waals surface area (Å²) >= 11 is 0. The number of H-pyrrole nitrogens is 2. The van der Waals surface area contributed by atoms with E-state index < -0.39 is 0 Å². The summed E-state index contributed by atoms with van der Waals surface area (Å²) in [5, 5.41) is 2.47. The van der Waals surface area contributed by atoms with Gasteiger partial charge in [-0.05, 0) is 46.0 Å². The zero-order valence-corrected chi connectivity index (χ0v) is 18.5. The minimum atomic E-state index is 0.409. The predicted molar refractivity (Wildman–Crippen MR) is 129 cm³/mol. The number of hydrogen-bond acceptors (Lipinski definition) is 2. The summed E-state index contributed by atoms with van der Waals surface area (Å²) < 4.78 is 0. The molecule has 4 heteroatoms. The van der Waals surface area contributed by atoms with Gasteiger partial charge in [-0.25, -0.2) is 9.97 Å². The van der Waals surface area contributed by atoms with Crippen LogP contribution in [0.4, 0.5) is 0 Å². The highest BCUT2D eigenvalue weighted by Crippen LogP contribution is 2.33. The topological polar surface area (TPSA) is 57.4 Å². The van der Waals surface area contributed by atoms with Gasteiger partial charge < -0.3 is 9.97 Å². The van der Waals surface area contributed by atoms with Crippen LogP contribution in [0.15, 0.2) is 60.8 Å². The average Bonchev–Trinajstić information content (AvgIpc) is 3.44. The second-order valence-corrected chi connectivity index (χ2v) is 8.73. The standard InChI is InChI=1S/C27H28N4/c1-5-26-29-23-12-10-19(14-24(23)30-26)21-8-6-7-18-13-20(9-11-22(18)21)25-15-28-27(31-25)17(4)16(2)3/h6-17H,5H2,1-4H3,(H,28,31)(H,29,30). The Morgan fingerprint density at radius 2 is 1.74 bits per heavy atom. The maximum Gasteiger partial charge on any atom is 0.109 e. The Morgan fingerprint density at radius 3 is 2.55 bits per heavy atom. The van der Waals surface area contributed by atoms with Gasteiger partial charge in [0.15, 0.2) is 0 Å². The zero-order chi connectivity index (χ0) is 21.5. The lowest BCUT2D eigenvalue weighted by Crippen LogP contribution is -2.03. The molecule has 0 fully saturated rings. The Bertz CT molecular complexity index is 1370. The van der Waals surface area contributed by atoms with E-state index >= 15 is 0 Å². The Balaban J connectivity index is 1.55. The lowest BCUT2D eigenvalue weighted by molar-refractivity contribution is 0.514. The van der Waals surface area contributed by atoms with Crippen molar-refractivity contribution in [3.05, 3.63) is 72.4 Å². The molecule has 4 nitrogen and oxygen atoms in total. The highest BCUT2D eigenvalue weighted by atomic mass is 14.9. The lowest BCUT2D eigenvalue weighted by atomic mass is 9.96. The van der Waals surface area contributed by atoms with Gasteiger partial charge in [0.1, 0.15) is 11.6 Å². The van der Waals surface area contributed by atoms with Crippen LogP contribution >= 0.6 is 0 Å². The maximum absolute atomic E-state index is 4.63. The van der Waals surface area contributed by atoms with E-state index in [0.29, 0.717) is 11.8 Å². The number of nitrogens with one attached hydrogen (secondary N) is 2. The summed E-state index contributed by atoms with van der Waals surface area (Å²) in [6.45, 7) is 8.80. The molecule has 2 heterocycles. The van der Waals surface area contributed by atoms with Crippen LogP contribution in [0, 0.1) is 5.92 Å².